The molecule has 2 aromatic heterocycles. The summed E-state index contributed by atoms with van der Waals surface area (Å²) in [4.78, 5) is 22.9. The van der Waals surface area contributed by atoms with Crippen molar-refractivity contribution in [1.82, 2.24) is 19.8 Å². The van der Waals surface area contributed by atoms with E-state index in [1.165, 1.54) is 30.0 Å². The van der Waals surface area contributed by atoms with Gasteiger partial charge in [-0.1, -0.05) is 23.9 Å². The quantitative estimate of drug-likeness (QED) is 0.235. The molecule has 4 rings (SSSR count). The summed E-state index contributed by atoms with van der Waals surface area (Å²) in [6, 6.07) is 14.8. The highest BCUT2D eigenvalue weighted by Crippen LogP contribution is 2.32. The molecular weight excluding hydrogens is 448 g/mol. The van der Waals surface area contributed by atoms with Crippen molar-refractivity contribution in [3.63, 3.8) is 0 Å². The number of nitrogens with zero attached hydrogens (tertiary/aromatic N) is 5. The first-order chi connectivity index (χ1) is 16.0. The van der Waals surface area contributed by atoms with Crippen molar-refractivity contribution >= 4 is 34.7 Å². The molecule has 0 bridgehead atoms. The Labute approximate surface area is 191 Å². The van der Waals surface area contributed by atoms with Crippen molar-refractivity contribution in [1.29, 1.82) is 0 Å². The highest BCUT2D eigenvalue weighted by atomic mass is 32.2. The Balaban J connectivity index is 1.52. The predicted molar refractivity (Wildman–Crippen MR) is 122 cm³/mol. The van der Waals surface area contributed by atoms with E-state index in [1.54, 1.807) is 49.1 Å². The van der Waals surface area contributed by atoms with Crippen LogP contribution in [0.15, 0.2) is 59.6 Å². The molecule has 11 nitrogen and oxygen atoms in total. The molecule has 0 aliphatic heterocycles. The molecule has 4 aromatic rings. The molecule has 2 aromatic carbocycles. The number of ether oxygens (including phenoxy) is 2. The maximum Gasteiger partial charge on any atom is 0.292 e. The molecule has 1 amide bonds. The molecule has 0 fully saturated rings. The lowest BCUT2D eigenvalue weighted by Gasteiger charge is -2.09. The molecule has 2 heterocycles. The zero-order chi connectivity index (χ0) is 23.4. The van der Waals surface area contributed by atoms with Crippen LogP contribution in [0.3, 0.4) is 0 Å². The Morgan fingerprint density at radius 2 is 1.88 bits per heavy atom. The van der Waals surface area contributed by atoms with E-state index in [4.69, 9.17) is 9.47 Å². The lowest BCUT2D eigenvalue weighted by Crippen LogP contribution is -2.15. The van der Waals surface area contributed by atoms with Gasteiger partial charge in [-0.25, -0.2) is 0 Å². The highest BCUT2D eigenvalue weighted by molar-refractivity contribution is 7.99. The van der Waals surface area contributed by atoms with Crippen LogP contribution in [-0.2, 0) is 4.79 Å². The second-order valence-electron chi connectivity index (χ2n) is 6.65. The Morgan fingerprint density at radius 3 is 2.64 bits per heavy atom. The molecule has 168 valence electrons. The van der Waals surface area contributed by atoms with Gasteiger partial charge in [0.2, 0.25) is 5.91 Å². The molecule has 0 saturated heterocycles. The average Bonchev–Trinajstić information content (AvgIpc) is 3.25. The lowest BCUT2D eigenvalue weighted by atomic mass is 10.2. The lowest BCUT2D eigenvalue weighted by molar-refractivity contribution is -0.383. The number of hydrogen-bond acceptors (Lipinski definition) is 9. The third kappa shape index (κ3) is 4.70. The molecule has 0 aliphatic rings. The summed E-state index contributed by atoms with van der Waals surface area (Å²) in [5, 5.41) is 27.1. The number of fused-ring (bicyclic) bond motifs is 1. The van der Waals surface area contributed by atoms with Crippen molar-refractivity contribution in [2.45, 2.75) is 5.03 Å². The second kappa shape index (κ2) is 9.53. The Morgan fingerprint density at radius 1 is 1.09 bits per heavy atom. The summed E-state index contributed by atoms with van der Waals surface area (Å²) < 4.78 is 12.2. The molecule has 33 heavy (non-hydrogen) atoms. The van der Waals surface area contributed by atoms with Crippen molar-refractivity contribution in [2.24, 2.45) is 0 Å². The number of nitrogens with one attached hydrogen (secondary N) is 1. The molecule has 0 radical (unpaired) electrons. The van der Waals surface area contributed by atoms with Crippen LogP contribution in [0.4, 0.5) is 11.4 Å². The maximum absolute atomic E-state index is 12.4. The number of methoxy groups -OCH3 is 2. The molecule has 0 spiro atoms. The van der Waals surface area contributed by atoms with E-state index in [1.807, 2.05) is 6.07 Å². The standard InChI is InChI=1S/C21H18N6O5S/c1-31-16-8-7-13(11-17(16)32-2)21-24-23-18-9-10-20(25-26(18)21)33-12-19(28)22-14-5-3-4-6-15(14)27(29)30/h3-11H,12H2,1-2H3,(H,22,28). The van der Waals surface area contributed by atoms with Crippen LogP contribution in [0.1, 0.15) is 0 Å². The van der Waals surface area contributed by atoms with Crippen LogP contribution >= 0.6 is 11.8 Å². The van der Waals surface area contributed by atoms with Crippen LogP contribution in [0.5, 0.6) is 11.5 Å². The molecule has 0 aliphatic carbocycles. The minimum atomic E-state index is -0.542. The van der Waals surface area contributed by atoms with Crippen molar-refractivity contribution in [3.05, 3.63) is 64.7 Å². The van der Waals surface area contributed by atoms with Gasteiger partial charge in [0.05, 0.1) is 24.9 Å². The van der Waals surface area contributed by atoms with Crippen molar-refractivity contribution in [3.8, 4) is 22.9 Å². The Bertz CT molecular complexity index is 1340. The fraction of sp³-hybridized carbons (Fsp3) is 0.143. The van der Waals surface area contributed by atoms with E-state index in [-0.39, 0.29) is 23.0 Å². The van der Waals surface area contributed by atoms with Crippen LogP contribution in [0.25, 0.3) is 17.0 Å². The minimum Gasteiger partial charge on any atom is -0.493 e. The van der Waals surface area contributed by atoms with E-state index in [0.717, 1.165) is 5.56 Å². The molecular formula is C21H18N6O5S. The summed E-state index contributed by atoms with van der Waals surface area (Å²) in [6.07, 6.45) is 0. The molecule has 0 atom stereocenters. The number of para-hydroxylation sites is 2. The third-order valence-corrected chi connectivity index (χ3v) is 5.53. The zero-order valence-electron chi connectivity index (χ0n) is 17.6. The van der Waals surface area contributed by atoms with Crippen molar-refractivity contribution in [2.75, 3.05) is 25.3 Å². The predicted octanol–water partition coefficient (Wildman–Crippen LogP) is 3.45. The van der Waals surface area contributed by atoms with E-state index in [2.05, 4.69) is 20.6 Å². The smallest absolute Gasteiger partial charge is 0.292 e. The van der Waals surface area contributed by atoms with E-state index in [0.29, 0.717) is 28.0 Å². The summed E-state index contributed by atoms with van der Waals surface area (Å²) in [5.74, 6) is 1.25. The highest BCUT2D eigenvalue weighted by Gasteiger charge is 2.16. The van der Waals surface area contributed by atoms with Crippen LogP contribution in [0.2, 0.25) is 0 Å². The number of benzene rings is 2. The minimum absolute atomic E-state index is 0.0123. The van der Waals surface area contributed by atoms with Gasteiger partial charge in [-0.05, 0) is 36.4 Å². The second-order valence-corrected chi connectivity index (χ2v) is 7.64. The number of hydrogen-bond donors (Lipinski definition) is 1. The fourth-order valence-corrected chi connectivity index (χ4v) is 3.72. The van der Waals surface area contributed by atoms with Gasteiger partial charge in [0.1, 0.15) is 10.7 Å². The van der Waals surface area contributed by atoms with Gasteiger partial charge in [-0.15, -0.1) is 10.2 Å². The van der Waals surface area contributed by atoms with Gasteiger partial charge in [0.25, 0.3) is 5.69 Å². The first-order valence-corrected chi connectivity index (χ1v) is 10.6. The van der Waals surface area contributed by atoms with E-state index >= 15 is 0 Å². The number of thioether (sulfide) groups is 1. The van der Waals surface area contributed by atoms with Crippen molar-refractivity contribution < 1.29 is 19.2 Å². The van der Waals surface area contributed by atoms with E-state index < -0.39 is 4.92 Å². The number of aromatic nitrogens is 4. The fourth-order valence-electron chi connectivity index (χ4n) is 3.07. The number of nitro benzene ring substituents is 1. The maximum atomic E-state index is 12.4. The molecule has 0 unspecified atom stereocenters. The van der Waals surface area contributed by atoms with E-state index in [9.17, 15) is 14.9 Å². The molecule has 0 saturated carbocycles. The number of nitro groups is 1. The van der Waals surface area contributed by atoms with Gasteiger partial charge in [-0.2, -0.15) is 9.61 Å². The van der Waals surface area contributed by atoms with Crippen LogP contribution in [-0.4, -0.2) is 50.6 Å². The van der Waals surface area contributed by atoms with Gasteiger partial charge in [-0.3, -0.25) is 14.9 Å². The zero-order valence-corrected chi connectivity index (χ0v) is 18.4. The topological polar surface area (TPSA) is 134 Å². The normalized spacial score (nSPS) is 10.7. The van der Waals surface area contributed by atoms with Gasteiger partial charge in [0.15, 0.2) is 23.0 Å². The van der Waals surface area contributed by atoms with Gasteiger partial charge >= 0.3 is 0 Å². The van der Waals surface area contributed by atoms with Crippen LogP contribution in [0, 0.1) is 10.1 Å². The number of carbonyl (C=O) groups is 1. The van der Waals surface area contributed by atoms with Gasteiger partial charge in [0, 0.05) is 11.6 Å². The average molecular weight is 466 g/mol. The number of carbonyl (C=O) groups excluding carboxylic acids is 1. The molecule has 12 heteroatoms. The number of amides is 1. The summed E-state index contributed by atoms with van der Waals surface area (Å²) in [6.45, 7) is 0. The summed E-state index contributed by atoms with van der Waals surface area (Å²) >= 11 is 1.18. The van der Waals surface area contributed by atoms with Gasteiger partial charge < -0.3 is 14.8 Å². The Hall–Kier alpha value is -4.19. The SMILES string of the molecule is COc1ccc(-c2nnc3ccc(SCC(=O)Nc4ccccc4[N+](=O)[O-])nn23)cc1OC. The number of anilines is 1. The number of rotatable bonds is 8. The third-order valence-electron chi connectivity index (χ3n) is 4.61. The first-order valence-electron chi connectivity index (χ1n) is 9.61. The largest absolute Gasteiger partial charge is 0.493 e. The summed E-state index contributed by atoms with van der Waals surface area (Å²) in [5.41, 5.74) is 1.24. The first kappa shape index (κ1) is 22.0. The van der Waals surface area contributed by atoms with Crippen LogP contribution < -0.4 is 14.8 Å². The Kier molecular flexibility index (Phi) is 6.36. The monoisotopic (exact) mass is 466 g/mol. The molecule has 1 N–H and O–H groups in total. The summed E-state index contributed by atoms with van der Waals surface area (Å²) in [7, 11) is 3.10.